The van der Waals surface area contributed by atoms with Gasteiger partial charge in [0.25, 0.3) is 5.91 Å². The number of nitrogens with zero attached hydrogens (tertiary/aromatic N) is 4. The van der Waals surface area contributed by atoms with Gasteiger partial charge in [0.2, 0.25) is 5.91 Å². The lowest BCUT2D eigenvalue weighted by molar-refractivity contribution is -0.132. The summed E-state index contributed by atoms with van der Waals surface area (Å²) in [5.74, 6) is 0.927. The fraction of sp³-hybridized carbons (Fsp3) is 0.556. The zero-order chi connectivity index (χ0) is 26.2. The summed E-state index contributed by atoms with van der Waals surface area (Å²) in [7, 11) is 3.29. The van der Waals surface area contributed by atoms with Crippen molar-refractivity contribution in [3.63, 3.8) is 0 Å². The average molecular weight is 529 g/mol. The molecule has 1 aromatic heterocycles. The van der Waals surface area contributed by atoms with Crippen LogP contribution < -0.4 is 4.74 Å². The third-order valence-electron chi connectivity index (χ3n) is 7.19. The summed E-state index contributed by atoms with van der Waals surface area (Å²) in [6.07, 6.45) is 2.04. The molecule has 1 aromatic carbocycles. The summed E-state index contributed by atoms with van der Waals surface area (Å²) in [4.78, 5) is 48.8. The lowest BCUT2D eigenvalue weighted by Crippen LogP contribution is -2.49. The molecule has 3 heterocycles. The van der Waals surface area contributed by atoms with Crippen LogP contribution in [0.25, 0.3) is 0 Å². The molecule has 2 amide bonds. The van der Waals surface area contributed by atoms with Crippen LogP contribution in [0.2, 0.25) is 0 Å². The van der Waals surface area contributed by atoms with E-state index in [9.17, 15) is 14.4 Å². The Labute approximate surface area is 222 Å². The second kappa shape index (κ2) is 13.1. The molecule has 2 aliphatic rings. The van der Waals surface area contributed by atoms with Gasteiger partial charge in [0.05, 0.1) is 18.7 Å². The van der Waals surface area contributed by atoms with Crippen LogP contribution in [0.1, 0.15) is 57.5 Å². The van der Waals surface area contributed by atoms with Crippen molar-refractivity contribution in [3.8, 4) is 5.75 Å². The number of piperidine rings is 1. The van der Waals surface area contributed by atoms with Crippen LogP contribution in [0.4, 0.5) is 0 Å². The molecule has 2 aromatic rings. The predicted molar refractivity (Wildman–Crippen MR) is 141 cm³/mol. The van der Waals surface area contributed by atoms with Gasteiger partial charge in [0.15, 0.2) is 5.78 Å². The minimum absolute atomic E-state index is 0.00281. The Morgan fingerprint density at radius 3 is 2.30 bits per heavy atom. The Kier molecular flexibility index (Phi) is 9.65. The number of ketones is 1. The topological polar surface area (TPSA) is 92.3 Å². The summed E-state index contributed by atoms with van der Waals surface area (Å²) in [5.41, 5.74) is 1.12. The Bertz CT molecular complexity index is 1060. The first-order valence-corrected chi connectivity index (χ1v) is 13.8. The van der Waals surface area contributed by atoms with Crippen molar-refractivity contribution >= 4 is 28.9 Å². The van der Waals surface area contributed by atoms with Crippen LogP contribution in [0, 0.1) is 0 Å². The highest BCUT2D eigenvalue weighted by Gasteiger charge is 2.28. The lowest BCUT2D eigenvalue weighted by Gasteiger charge is -2.34. The summed E-state index contributed by atoms with van der Waals surface area (Å²) in [6, 6.07) is 6.96. The van der Waals surface area contributed by atoms with Crippen LogP contribution in [0.3, 0.4) is 0 Å². The summed E-state index contributed by atoms with van der Waals surface area (Å²) in [6.45, 7) is 6.00. The number of rotatable bonds is 10. The maximum atomic E-state index is 13.0. The first-order valence-electron chi connectivity index (χ1n) is 12.9. The van der Waals surface area contributed by atoms with Gasteiger partial charge in [-0.15, -0.1) is 11.3 Å². The maximum absolute atomic E-state index is 13.0. The van der Waals surface area contributed by atoms with Crippen LogP contribution in [0.5, 0.6) is 5.75 Å². The summed E-state index contributed by atoms with van der Waals surface area (Å²) < 4.78 is 10.3. The molecule has 0 saturated carbocycles. The highest BCUT2D eigenvalue weighted by atomic mass is 32.1. The van der Waals surface area contributed by atoms with Gasteiger partial charge in [0.1, 0.15) is 11.4 Å². The molecule has 10 heteroatoms. The van der Waals surface area contributed by atoms with Gasteiger partial charge >= 0.3 is 0 Å². The van der Waals surface area contributed by atoms with E-state index < -0.39 is 0 Å². The van der Waals surface area contributed by atoms with E-state index in [2.05, 4.69) is 9.88 Å². The number of methoxy groups -OCH3 is 2. The van der Waals surface area contributed by atoms with E-state index in [4.69, 9.17) is 9.47 Å². The fourth-order valence-electron chi connectivity index (χ4n) is 4.81. The van der Waals surface area contributed by atoms with Crippen LogP contribution in [0.15, 0.2) is 29.6 Å². The minimum Gasteiger partial charge on any atom is -0.497 e. The quantitative estimate of drug-likeness (QED) is 0.438. The van der Waals surface area contributed by atoms with Gasteiger partial charge in [-0.25, -0.2) is 4.98 Å². The molecule has 0 radical (unpaired) electrons. The van der Waals surface area contributed by atoms with Gasteiger partial charge in [-0.1, -0.05) is 0 Å². The van der Waals surface area contributed by atoms with Gasteiger partial charge < -0.3 is 19.3 Å². The smallest absolute Gasteiger partial charge is 0.273 e. The van der Waals surface area contributed by atoms with Crippen molar-refractivity contribution in [2.45, 2.75) is 31.6 Å². The van der Waals surface area contributed by atoms with Crippen LogP contribution >= 0.6 is 11.3 Å². The first kappa shape index (κ1) is 27.2. The minimum atomic E-state index is -0.0396. The Hall–Kier alpha value is -2.82. The van der Waals surface area contributed by atoms with Crippen LogP contribution in [-0.2, 0) is 9.53 Å². The third-order valence-corrected chi connectivity index (χ3v) is 8.19. The average Bonchev–Trinajstić information content (AvgIpc) is 3.45. The zero-order valence-corrected chi connectivity index (χ0v) is 22.5. The molecule has 0 aliphatic carbocycles. The van der Waals surface area contributed by atoms with Crippen molar-refractivity contribution in [1.82, 2.24) is 19.7 Å². The van der Waals surface area contributed by atoms with Crippen LogP contribution in [-0.4, -0.2) is 104 Å². The number of likely N-dealkylation sites (tertiary alicyclic amines) is 1. The molecule has 2 saturated heterocycles. The number of thiazole rings is 1. The van der Waals surface area contributed by atoms with E-state index in [0.29, 0.717) is 49.8 Å². The standard InChI is InChI=1S/C27H36N4O5S/c1-35-18-17-29-13-15-31(16-14-29)27(34)23-19-37-26(28-23)21-9-11-30(12-10-21)25(33)8-7-24(32)20-3-5-22(36-2)6-4-20/h3-6,19,21H,7-18H2,1-2H3. The molecule has 0 N–H and O–H groups in total. The van der Waals surface area contributed by atoms with Gasteiger partial charge in [-0.05, 0) is 37.1 Å². The van der Waals surface area contributed by atoms with Crippen molar-refractivity contribution < 1.29 is 23.9 Å². The third kappa shape index (κ3) is 7.15. The number of ether oxygens (including phenoxy) is 2. The van der Waals surface area contributed by atoms with E-state index >= 15 is 0 Å². The molecule has 2 fully saturated rings. The van der Waals surface area contributed by atoms with E-state index in [0.717, 1.165) is 37.5 Å². The molecule has 0 unspecified atom stereocenters. The molecule has 0 spiro atoms. The molecule has 200 valence electrons. The van der Waals surface area contributed by atoms with Crippen molar-refractivity contribution in [3.05, 3.63) is 45.9 Å². The number of Topliss-reactive ketones (excluding diaryl/α,β-unsaturated/α-hetero) is 1. The molecular weight excluding hydrogens is 492 g/mol. The molecule has 2 aliphatic heterocycles. The predicted octanol–water partition coefficient (Wildman–Crippen LogP) is 2.93. The van der Waals surface area contributed by atoms with E-state index in [1.54, 1.807) is 49.8 Å². The Morgan fingerprint density at radius 1 is 0.946 bits per heavy atom. The van der Waals surface area contributed by atoms with E-state index in [1.807, 2.05) is 15.2 Å². The zero-order valence-electron chi connectivity index (χ0n) is 21.7. The number of piperazine rings is 1. The highest BCUT2D eigenvalue weighted by Crippen LogP contribution is 2.31. The monoisotopic (exact) mass is 528 g/mol. The first-order chi connectivity index (χ1) is 18.0. The number of carbonyl (C=O) groups is 3. The second-order valence-electron chi connectivity index (χ2n) is 9.50. The van der Waals surface area contributed by atoms with E-state index in [-0.39, 0.29) is 36.4 Å². The highest BCUT2D eigenvalue weighted by molar-refractivity contribution is 7.09. The lowest BCUT2D eigenvalue weighted by atomic mass is 9.97. The fourth-order valence-corrected chi connectivity index (χ4v) is 5.77. The molecule has 0 atom stereocenters. The van der Waals surface area contributed by atoms with Crippen molar-refractivity contribution in [2.24, 2.45) is 0 Å². The summed E-state index contributed by atoms with van der Waals surface area (Å²) in [5, 5.41) is 2.85. The molecule has 4 rings (SSSR count). The Balaban J connectivity index is 1.21. The largest absolute Gasteiger partial charge is 0.497 e. The number of hydrogen-bond acceptors (Lipinski definition) is 8. The number of amides is 2. The molecular formula is C27H36N4O5S. The molecule has 0 bridgehead atoms. The number of aromatic nitrogens is 1. The summed E-state index contributed by atoms with van der Waals surface area (Å²) >= 11 is 1.54. The van der Waals surface area contributed by atoms with Crippen molar-refractivity contribution in [2.75, 3.05) is 66.6 Å². The van der Waals surface area contributed by atoms with Gasteiger partial charge in [-0.3, -0.25) is 19.3 Å². The van der Waals surface area contributed by atoms with E-state index in [1.165, 1.54) is 0 Å². The van der Waals surface area contributed by atoms with Gasteiger partial charge in [0, 0.05) is 82.6 Å². The Morgan fingerprint density at radius 2 is 1.65 bits per heavy atom. The normalized spacial score (nSPS) is 17.1. The number of carbonyl (C=O) groups excluding carboxylic acids is 3. The molecule has 9 nitrogen and oxygen atoms in total. The van der Waals surface area contributed by atoms with Gasteiger partial charge in [-0.2, -0.15) is 0 Å². The van der Waals surface area contributed by atoms with Crippen molar-refractivity contribution in [1.29, 1.82) is 0 Å². The maximum Gasteiger partial charge on any atom is 0.273 e. The molecule has 37 heavy (non-hydrogen) atoms. The number of hydrogen-bond donors (Lipinski definition) is 0. The SMILES string of the molecule is COCCN1CCN(C(=O)c2csc(C3CCN(C(=O)CCC(=O)c4ccc(OC)cc4)CC3)n2)CC1. The second-order valence-corrected chi connectivity index (χ2v) is 10.4. The number of benzene rings is 1.